The average Bonchev–Trinajstić information content (AvgIpc) is 2.93. The molecule has 8 heteroatoms. The number of nitrogens with one attached hydrogen (secondary N) is 2. The van der Waals surface area contributed by atoms with E-state index in [1.165, 1.54) is 11.1 Å². The number of rotatable bonds is 5. The number of hydrogen-bond donors (Lipinski definition) is 3. The van der Waals surface area contributed by atoms with Gasteiger partial charge < -0.3 is 25.4 Å². The summed E-state index contributed by atoms with van der Waals surface area (Å²) in [5, 5.41) is 17.9. The lowest BCUT2D eigenvalue weighted by Crippen LogP contribution is -2.55. The van der Waals surface area contributed by atoms with Crippen LogP contribution in [0.15, 0.2) is 60.9 Å². The second kappa shape index (κ2) is 10.5. The number of morpholine rings is 1. The first-order valence-corrected chi connectivity index (χ1v) is 13.0. The van der Waals surface area contributed by atoms with Crippen molar-refractivity contribution in [3.8, 4) is 0 Å². The third-order valence-corrected chi connectivity index (χ3v) is 7.61. The molecule has 2 fully saturated rings. The number of aliphatic hydroxyl groups excluding tert-OH is 1. The molecule has 1 aromatic heterocycles. The molecule has 0 saturated carbocycles. The van der Waals surface area contributed by atoms with Gasteiger partial charge in [0.1, 0.15) is 18.0 Å². The molecule has 0 amide bonds. The van der Waals surface area contributed by atoms with Gasteiger partial charge >= 0.3 is 0 Å². The van der Waals surface area contributed by atoms with Crippen molar-refractivity contribution in [3.05, 3.63) is 77.6 Å². The highest BCUT2D eigenvalue weighted by atomic mass is 16.5. The Morgan fingerprint density at radius 1 is 1.03 bits per heavy atom. The van der Waals surface area contributed by atoms with Crippen LogP contribution in [0.25, 0.3) is 0 Å². The van der Waals surface area contributed by atoms with E-state index in [4.69, 9.17) is 4.74 Å². The second-order valence-corrected chi connectivity index (χ2v) is 9.93. The Morgan fingerprint density at radius 2 is 1.94 bits per heavy atom. The summed E-state index contributed by atoms with van der Waals surface area (Å²) in [6.45, 7) is 5.80. The molecule has 6 rings (SSSR count). The fourth-order valence-corrected chi connectivity index (χ4v) is 5.69. The molecule has 1 unspecified atom stereocenters. The van der Waals surface area contributed by atoms with Crippen LogP contribution in [0.4, 0.5) is 17.3 Å². The number of fused-ring (bicyclic) bond motifs is 1. The molecule has 0 bridgehead atoms. The SMILES string of the molecule is O[C@@H]1CN(c2cc(Nc3cccc(C4CNCCO4)c3)ncn2)CC[C@H]1N1CCc2ccccc2C1. The first-order valence-electron chi connectivity index (χ1n) is 13.0. The van der Waals surface area contributed by atoms with Gasteiger partial charge in [0.2, 0.25) is 0 Å². The zero-order valence-corrected chi connectivity index (χ0v) is 20.5. The Morgan fingerprint density at radius 3 is 2.81 bits per heavy atom. The number of piperidine rings is 1. The lowest BCUT2D eigenvalue weighted by molar-refractivity contribution is 0.0277. The highest BCUT2D eigenvalue weighted by Crippen LogP contribution is 2.28. The van der Waals surface area contributed by atoms with Crippen LogP contribution >= 0.6 is 0 Å². The van der Waals surface area contributed by atoms with Crippen LogP contribution in [0.1, 0.15) is 29.2 Å². The molecule has 0 radical (unpaired) electrons. The minimum Gasteiger partial charge on any atom is -0.390 e. The van der Waals surface area contributed by atoms with Gasteiger partial charge in [-0.15, -0.1) is 0 Å². The zero-order valence-electron chi connectivity index (χ0n) is 20.5. The van der Waals surface area contributed by atoms with E-state index in [0.29, 0.717) is 6.54 Å². The summed E-state index contributed by atoms with van der Waals surface area (Å²) >= 11 is 0. The molecular weight excluding hydrogens is 452 g/mol. The van der Waals surface area contributed by atoms with Crippen LogP contribution in [0.5, 0.6) is 0 Å². The molecule has 2 aromatic carbocycles. The maximum atomic E-state index is 11.1. The zero-order chi connectivity index (χ0) is 24.3. The van der Waals surface area contributed by atoms with E-state index in [9.17, 15) is 5.11 Å². The molecule has 8 nitrogen and oxygen atoms in total. The van der Waals surface area contributed by atoms with Crippen molar-refractivity contribution in [2.24, 2.45) is 0 Å². The second-order valence-electron chi connectivity index (χ2n) is 9.93. The van der Waals surface area contributed by atoms with Crippen molar-refractivity contribution in [3.63, 3.8) is 0 Å². The van der Waals surface area contributed by atoms with E-state index < -0.39 is 6.10 Å². The van der Waals surface area contributed by atoms with Gasteiger partial charge in [0.05, 0.1) is 18.8 Å². The topological polar surface area (TPSA) is 85.8 Å². The molecular formula is C28H34N6O2. The van der Waals surface area contributed by atoms with E-state index in [0.717, 1.165) is 75.1 Å². The Labute approximate surface area is 212 Å². The van der Waals surface area contributed by atoms with Crippen LogP contribution in [0, 0.1) is 0 Å². The summed E-state index contributed by atoms with van der Waals surface area (Å²) in [6, 6.07) is 19.1. The van der Waals surface area contributed by atoms with Crippen molar-refractivity contribution >= 4 is 17.3 Å². The van der Waals surface area contributed by atoms with Crippen LogP contribution in [0.3, 0.4) is 0 Å². The molecule has 0 spiro atoms. The summed E-state index contributed by atoms with van der Waals surface area (Å²) in [5.41, 5.74) is 4.94. The normalized spacial score (nSPS) is 24.8. The number of anilines is 3. The smallest absolute Gasteiger partial charge is 0.135 e. The predicted octanol–water partition coefficient (Wildman–Crippen LogP) is 2.88. The molecule has 4 heterocycles. The van der Waals surface area contributed by atoms with Crippen LogP contribution in [0.2, 0.25) is 0 Å². The first kappa shape index (κ1) is 23.4. The summed E-state index contributed by atoms with van der Waals surface area (Å²) in [4.78, 5) is 13.6. The highest BCUT2D eigenvalue weighted by Gasteiger charge is 2.34. The van der Waals surface area contributed by atoms with Crippen molar-refractivity contribution in [1.82, 2.24) is 20.2 Å². The van der Waals surface area contributed by atoms with Gasteiger partial charge in [0, 0.05) is 57.1 Å². The van der Waals surface area contributed by atoms with Gasteiger partial charge in [0.15, 0.2) is 0 Å². The standard InChI is InChI=1S/C28H34N6O2/c35-25-18-34(12-9-24(25)33-11-8-20-4-1-2-5-22(20)17-33)28-15-27(30-19-31-28)32-23-7-3-6-21(14-23)26-16-29-10-13-36-26/h1-7,14-15,19,24-26,29,35H,8-13,16-18H2,(H,30,31,32)/t24-,25-,26?/m1/s1. The third kappa shape index (κ3) is 5.08. The lowest BCUT2D eigenvalue weighted by atomic mass is 9.94. The highest BCUT2D eigenvalue weighted by molar-refractivity contribution is 5.60. The number of ether oxygens (including phenoxy) is 1. The Balaban J connectivity index is 1.10. The van der Waals surface area contributed by atoms with Crippen molar-refractivity contribution in [2.45, 2.75) is 37.6 Å². The molecule has 3 atom stereocenters. The lowest BCUT2D eigenvalue weighted by Gasteiger charge is -2.43. The van der Waals surface area contributed by atoms with E-state index in [1.807, 2.05) is 18.2 Å². The van der Waals surface area contributed by atoms with Gasteiger partial charge in [-0.05, 0) is 41.7 Å². The fourth-order valence-electron chi connectivity index (χ4n) is 5.69. The largest absolute Gasteiger partial charge is 0.390 e. The van der Waals surface area contributed by atoms with Crippen molar-refractivity contribution in [1.29, 1.82) is 0 Å². The van der Waals surface area contributed by atoms with Crippen molar-refractivity contribution in [2.75, 3.05) is 49.5 Å². The number of aliphatic hydroxyl groups is 1. The minimum atomic E-state index is -0.420. The average molecular weight is 487 g/mol. The quantitative estimate of drug-likeness (QED) is 0.508. The van der Waals surface area contributed by atoms with Gasteiger partial charge in [-0.1, -0.05) is 36.4 Å². The molecule has 0 aliphatic carbocycles. The van der Waals surface area contributed by atoms with E-state index in [1.54, 1.807) is 6.33 Å². The number of hydrogen-bond acceptors (Lipinski definition) is 8. The predicted molar refractivity (Wildman–Crippen MR) is 141 cm³/mol. The van der Waals surface area contributed by atoms with Crippen LogP contribution < -0.4 is 15.5 Å². The van der Waals surface area contributed by atoms with Gasteiger partial charge in [-0.3, -0.25) is 4.90 Å². The van der Waals surface area contributed by atoms with Gasteiger partial charge in [-0.2, -0.15) is 0 Å². The number of nitrogens with zero attached hydrogens (tertiary/aromatic N) is 4. The minimum absolute atomic E-state index is 0.0672. The Bertz CT molecular complexity index is 1180. The Kier molecular flexibility index (Phi) is 6.83. The summed E-state index contributed by atoms with van der Waals surface area (Å²) < 4.78 is 5.90. The molecule has 2 saturated heterocycles. The van der Waals surface area contributed by atoms with E-state index >= 15 is 0 Å². The summed E-state index contributed by atoms with van der Waals surface area (Å²) in [6.07, 6.45) is 3.20. The number of aromatic nitrogens is 2. The number of benzene rings is 2. The molecule has 36 heavy (non-hydrogen) atoms. The van der Waals surface area contributed by atoms with Crippen LogP contribution in [-0.2, 0) is 17.7 Å². The molecule has 3 N–H and O–H groups in total. The van der Waals surface area contributed by atoms with Crippen molar-refractivity contribution < 1.29 is 9.84 Å². The van der Waals surface area contributed by atoms with Gasteiger partial charge in [-0.25, -0.2) is 9.97 Å². The third-order valence-electron chi connectivity index (χ3n) is 7.61. The molecule has 3 aromatic rings. The van der Waals surface area contributed by atoms with E-state index in [-0.39, 0.29) is 12.1 Å². The molecule has 188 valence electrons. The summed E-state index contributed by atoms with van der Waals surface area (Å²) in [5.74, 6) is 1.58. The Hall–Kier alpha value is -3.04. The molecule has 3 aliphatic heterocycles. The maximum Gasteiger partial charge on any atom is 0.135 e. The first-order chi connectivity index (χ1) is 17.7. The van der Waals surface area contributed by atoms with E-state index in [2.05, 4.69) is 66.8 Å². The van der Waals surface area contributed by atoms with Gasteiger partial charge in [0.25, 0.3) is 0 Å². The maximum absolute atomic E-state index is 11.1. The molecule has 3 aliphatic rings. The summed E-state index contributed by atoms with van der Waals surface area (Å²) in [7, 11) is 0. The monoisotopic (exact) mass is 486 g/mol. The number of β-amino-alcohol motifs (C(OH)–C–C–N with tert-alkyl or cyclic N) is 1. The fraction of sp³-hybridized carbons (Fsp3) is 0.429. The van der Waals surface area contributed by atoms with Crippen LogP contribution in [-0.4, -0.2) is 71.5 Å².